The van der Waals surface area contributed by atoms with Crippen LogP contribution in [0.1, 0.15) is 39.1 Å². The van der Waals surface area contributed by atoms with Crippen LogP contribution in [0, 0.1) is 0 Å². The number of aliphatic hydroxyl groups is 1. The summed E-state index contributed by atoms with van der Waals surface area (Å²) in [7, 11) is 0. The van der Waals surface area contributed by atoms with Crippen LogP contribution in [0.3, 0.4) is 0 Å². The molecule has 0 bridgehead atoms. The molecule has 1 fully saturated rings. The summed E-state index contributed by atoms with van der Waals surface area (Å²) in [6.07, 6.45) is 1.66. The van der Waals surface area contributed by atoms with Crippen LogP contribution >= 0.6 is 11.6 Å². The molecule has 2 aromatic rings. The molecule has 2 aromatic carbocycles. The Kier molecular flexibility index (Phi) is 6.54. The van der Waals surface area contributed by atoms with Crippen LogP contribution in [0.15, 0.2) is 42.5 Å². The minimum absolute atomic E-state index is 0.203. The third-order valence-electron chi connectivity index (χ3n) is 4.91. The second-order valence-corrected chi connectivity index (χ2v) is 7.32. The molecule has 0 atom stereocenters. The van der Waals surface area contributed by atoms with E-state index in [0.717, 1.165) is 11.3 Å². The van der Waals surface area contributed by atoms with E-state index in [-0.39, 0.29) is 17.6 Å². The predicted molar refractivity (Wildman–Crippen MR) is 108 cm³/mol. The van der Waals surface area contributed by atoms with Gasteiger partial charge in [0.1, 0.15) is 0 Å². The number of aromatic carboxylic acids is 1. The van der Waals surface area contributed by atoms with Gasteiger partial charge in [-0.25, -0.2) is 4.79 Å². The van der Waals surface area contributed by atoms with E-state index < -0.39 is 5.97 Å². The molecule has 1 saturated heterocycles. The number of nitrogens with one attached hydrogen (secondary N) is 1. The molecule has 0 aromatic heterocycles. The average Bonchev–Trinajstić information content (AvgIpc) is 2.69. The predicted octanol–water partition coefficient (Wildman–Crippen LogP) is 2.97. The maximum absolute atomic E-state index is 12.7. The molecule has 7 heteroatoms. The molecule has 0 spiro atoms. The number of halogens is 1. The topological polar surface area (TPSA) is 89.9 Å². The van der Waals surface area contributed by atoms with Gasteiger partial charge in [0.15, 0.2) is 0 Å². The highest BCUT2D eigenvalue weighted by Crippen LogP contribution is 2.27. The van der Waals surface area contributed by atoms with E-state index >= 15 is 0 Å². The number of hydrogen-bond acceptors (Lipinski definition) is 4. The summed E-state index contributed by atoms with van der Waals surface area (Å²) in [5, 5.41) is 22.0. The van der Waals surface area contributed by atoms with Crippen LogP contribution in [0.5, 0.6) is 0 Å². The van der Waals surface area contributed by atoms with Gasteiger partial charge in [0.25, 0.3) is 5.91 Å². The molecular formula is C21H23ClN2O4. The highest BCUT2D eigenvalue weighted by molar-refractivity contribution is 6.31. The summed E-state index contributed by atoms with van der Waals surface area (Å²) in [4.78, 5) is 25.7. The van der Waals surface area contributed by atoms with Crippen LogP contribution in [0.2, 0.25) is 5.02 Å². The van der Waals surface area contributed by atoms with E-state index in [1.54, 1.807) is 36.4 Å². The van der Waals surface area contributed by atoms with Gasteiger partial charge in [-0.2, -0.15) is 0 Å². The average molecular weight is 403 g/mol. The number of anilines is 1. The van der Waals surface area contributed by atoms with E-state index in [4.69, 9.17) is 16.7 Å². The number of carbonyl (C=O) groups is 2. The summed E-state index contributed by atoms with van der Waals surface area (Å²) >= 11 is 6.11. The van der Waals surface area contributed by atoms with E-state index in [1.807, 2.05) is 6.07 Å². The van der Waals surface area contributed by atoms with Gasteiger partial charge in [-0.3, -0.25) is 4.79 Å². The van der Waals surface area contributed by atoms with Crippen molar-refractivity contribution < 1.29 is 19.8 Å². The number of benzene rings is 2. The number of amides is 1. The molecule has 1 amide bonds. The molecule has 28 heavy (non-hydrogen) atoms. The highest BCUT2D eigenvalue weighted by atomic mass is 35.5. The standard InChI is InChI=1S/C21H23ClN2O4/c22-16-5-6-19(24-11-8-17(25)9-12-24)18(13-16)20(26)23-10-7-14-1-3-15(4-2-14)21(27)28/h1-6,13,17,25H,7-12H2,(H,23,26)(H,27,28). The van der Waals surface area contributed by atoms with Crippen molar-refractivity contribution in [3.63, 3.8) is 0 Å². The minimum Gasteiger partial charge on any atom is -0.478 e. The maximum atomic E-state index is 12.7. The zero-order chi connectivity index (χ0) is 20.1. The second-order valence-electron chi connectivity index (χ2n) is 6.89. The Balaban J connectivity index is 1.63. The Morgan fingerprint density at radius 2 is 1.79 bits per heavy atom. The summed E-state index contributed by atoms with van der Waals surface area (Å²) in [6, 6.07) is 11.9. The van der Waals surface area contributed by atoms with Gasteiger partial charge in [-0.1, -0.05) is 23.7 Å². The normalized spacial score (nSPS) is 14.7. The Bertz CT molecular complexity index is 846. The van der Waals surface area contributed by atoms with E-state index in [0.29, 0.717) is 49.5 Å². The van der Waals surface area contributed by atoms with E-state index in [2.05, 4.69) is 10.2 Å². The van der Waals surface area contributed by atoms with E-state index in [9.17, 15) is 14.7 Å². The third-order valence-corrected chi connectivity index (χ3v) is 5.14. The van der Waals surface area contributed by atoms with Gasteiger partial charge in [0.2, 0.25) is 0 Å². The molecule has 0 aliphatic carbocycles. The molecule has 1 aliphatic heterocycles. The molecule has 6 nitrogen and oxygen atoms in total. The number of piperidine rings is 1. The molecule has 0 unspecified atom stereocenters. The highest BCUT2D eigenvalue weighted by Gasteiger charge is 2.22. The number of hydrogen-bond donors (Lipinski definition) is 3. The van der Waals surface area contributed by atoms with Crippen LogP contribution in [0.25, 0.3) is 0 Å². The largest absolute Gasteiger partial charge is 0.478 e. The Labute approximate surface area is 168 Å². The van der Waals surface area contributed by atoms with Crippen LogP contribution in [0.4, 0.5) is 5.69 Å². The molecule has 1 heterocycles. The van der Waals surface area contributed by atoms with Crippen molar-refractivity contribution in [1.82, 2.24) is 5.32 Å². The fourth-order valence-corrected chi connectivity index (χ4v) is 3.47. The van der Waals surface area contributed by atoms with Gasteiger partial charge >= 0.3 is 5.97 Å². The SMILES string of the molecule is O=C(O)c1ccc(CCNC(=O)c2cc(Cl)ccc2N2CCC(O)CC2)cc1. The van der Waals surface area contributed by atoms with Gasteiger partial charge in [-0.15, -0.1) is 0 Å². The first-order valence-electron chi connectivity index (χ1n) is 9.27. The molecule has 3 N–H and O–H groups in total. The number of carbonyl (C=O) groups excluding carboxylic acids is 1. The first kappa shape index (κ1) is 20.2. The minimum atomic E-state index is -0.960. The number of carboxylic acids is 1. The number of rotatable bonds is 6. The Morgan fingerprint density at radius 1 is 1.11 bits per heavy atom. The van der Waals surface area contributed by atoms with Crippen molar-refractivity contribution >= 4 is 29.2 Å². The van der Waals surface area contributed by atoms with Crippen molar-refractivity contribution in [3.05, 3.63) is 64.2 Å². The summed E-state index contributed by atoms with van der Waals surface area (Å²) in [5.74, 6) is -1.16. The quantitative estimate of drug-likeness (QED) is 0.691. The maximum Gasteiger partial charge on any atom is 0.335 e. The van der Waals surface area contributed by atoms with Gasteiger partial charge in [-0.05, 0) is 55.2 Å². The number of carboxylic acid groups (broad SMARTS) is 1. The van der Waals surface area contributed by atoms with Crippen LogP contribution < -0.4 is 10.2 Å². The summed E-state index contributed by atoms with van der Waals surface area (Å²) in [6.45, 7) is 1.81. The summed E-state index contributed by atoms with van der Waals surface area (Å²) in [5.41, 5.74) is 2.52. The smallest absolute Gasteiger partial charge is 0.335 e. The van der Waals surface area contributed by atoms with Crippen LogP contribution in [-0.4, -0.2) is 47.8 Å². The molecular weight excluding hydrogens is 380 g/mol. The molecule has 1 aliphatic rings. The second kappa shape index (κ2) is 9.08. The fraction of sp³-hybridized carbons (Fsp3) is 0.333. The van der Waals surface area contributed by atoms with Gasteiger partial charge < -0.3 is 20.4 Å². The van der Waals surface area contributed by atoms with Crippen molar-refractivity contribution in [2.75, 3.05) is 24.5 Å². The zero-order valence-electron chi connectivity index (χ0n) is 15.4. The van der Waals surface area contributed by atoms with Gasteiger partial charge in [0.05, 0.1) is 17.2 Å². The Hall–Kier alpha value is -2.57. The number of aliphatic hydroxyl groups excluding tert-OH is 1. The van der Waals surface area contributed by atoms with Crippen molar-refractivity contribution in [2.45, 2.75) is 25.4 Å². The lowest BCUT2D eigenvalue weighted by Gasteiger charge is -2.32. The lowest BCUT2D eigenvalue weighted by molar-refractivity contribution is 0.0696. The molecule has 3 rings (SSSR count). The molecule has 148 valence electrons. The first-order valence-corrected chi connectivity index (χ1v) is 9.65. The van der Waals surface area contributed by atoms with Crippen molar-refractivity contribution in [1.29, 1.82) is 0 Å². The first-order chi connectivity index (χ1) is 13.4. The molecule has 0 saturated carbocycles. The van der Waals surface area contributed by atoms with E-state index in [1.165, 1.54) is 0 Å². The number of nitrogens with zero attached hydrogens (tertiary/aromatic N) is 1. The monoisotopic (exact) mass is 402 g/mol. The fourth-order valence-electron chi connectivity index (χ4n) is 3.30. The summed E-state index contributed by atoms with van der Waals surface area (Å²) < 4.78 is 0. The lowest BCUT2D eigenvalue weighted by atomic mass is 10.0. The van der Waals surface area contributed by atoms with Crippen LogP contribution in [-0.2, 0) is 6.42 Å². The zero-order valence-corrected chi connectivity index (χ0v) is 16.2. The van der Waals surface area contributed by atoms with Gasteiger partial charge in [0, 0.05) is 30.3 Å². The Morgan fingerprint density at radius 3 is 2.43 bits per heavy atom. The van der Waals surface area contributed by atoms with Crippen molar-refractivity contribution in [3.8, 4) is 0 Å². The third kappa shape index (κ3) is 5.03. The molecule has 0 radical (unpaired) electrons. The van der Waals surface area contributed by atoms with Crippen molar-refractivity contribution in [2.24, 2.45) is 0 Å². The lowest BCUT2D eigenvalue weighted by Crippen LogP contribution is -2.37.